The predicted molar refractivity (Wildman–Crippen MR) is 85.1 cm³/mol. The summed E-state index contributed by atoms with van der Waals surface area (Å²) >= 11 is 0. The molecule has 0 aromatic carbocycles. The minimum absolute atomic E-state index is 0.00942. The van der Waals surface area contributed by atoms with Crippen molar-refractivity contribution in [3.05, 3.63) is 23.9 Å². The minimum atomic E-state index is -0.268. The van der Waals surface area contributed by atoms with E-state index in [-0.39, 0.29) is 17.7 Å². The zero-order chi connectivity index (χ0) is 16.2. The van der Waals surface area contributed by atoms with E-state index in [0.717, 1.165) is 18.9 Å². The molecule has 7 heteroatoms. The van der Waals surface area contributed by atoms with Gasteiger partial charge >= 0.3 is 0 Å². The summed E-state index contributed by atoms with van der Waals surface area (Å²) in [4.78, 5) is 32.1. The molecule has 23 heavy (non-hydrogen) atoms. The fourth-order valence-electron chi connectivity index (χ4n) is 3.07. The van der Waals surface area contributed by atoms with Crippen LogP contribution >= 0.6 is 0 Å². The van der Waals surface area contributed by atoms with Crippen LogP contribution in [0, 0.1) is 5.92 Å². The van der Waals surface area contributed by atoms with Gasteiger partial charge in [0.15, 0.2) is 0 Å². The molecule has 2 fully saturated rings. The van der Waals surface area contributed by atoms with E-state index < -0.39 is 0 Å². The molecule has 0 unspecified atom stereocenters. The maximum Gasteiger partial charge on any atom is 0.254 e. The summed E-state index contributed by atoms with van der Waals surface area (Å²) in [5, 5.41) is 0. The Bertz CT molecular complexity index is 578. The minimum Gasteiger partial charge on any atom is -0.378 e. The molecule has 2 aliphatic heterocycles. The first-order valence-corrected chi connectivity index (χ1v) is 8.02. The zero-order valence-electron chi connectivity index (χ0n) is 13.1. The van der Waals surface area contributed by atoms with Gasteiger partial charge in [-0.2, -0.15) is 0 Å². The van der Waals surface area contributed by atoms with Gasteiger partial charge in [0.1, 0.15) is 5.82 Å². The fourth-order valence-corrected chi connectivity index (χ4v) is 3.07. The Morgan fingerprint density at radius 1 is 1.17 bits per heavy atom. The van der Waals surface area contributed by atoms with Crippen LogP contribution in [-0.2, 0) is 9.53 Å². The van der Waals surface area contributed by atoms with Gasteiger partial charge in [-0.25, -0.2) is 4.98 Å². The average Bonchev–Trinajstić information content (AvgIpc) is 2.62. The van der Waals surface area contributed by atoms with Gasteiger partial charge in [-0.05, 0) is 25.0 Å². The first-order valence-electron chi connectivity index (χ1n) is 8.02. The van der Waals surface area contributed by atoms with Gasteiger partial charge in [0, 0.05) is 43.9 Å². The molecule has 3 heterocycles. The number of likely N-dealkylation sites (tertiary alicyclic amines) is 1. The molecule has 1 aromatic heterocycles. The zero-order valence-corrected chi connectivity index (χ0v) is 13.1. The van der Waals surface area contributed by atoms with Gasteiger partial charge in [-0.1, -0.05) is 0 Å². The van der Waals surface area contributed by atoms with Crippen LogP contribution in [0.1, 0.15) is 23.2 Å². The number of hydrogen-bond acceptors (Lipinski definition) is 5. The Labute approximate surface area is 135 Å². The van der Waals surface area contributed by atoms with Crippen molar-refractivity contribution in [1.82, 2.24) is 9.88 Å². The smallest absolute Gasteiger partial charge is 0.254 e. The normalized spacial score (nSPS) is 19.7. The van der Waals surface area contributed by atoms with Crippen molar-refractivity contribution in [3.8, 4) is 0 Å². The molecule has 0 atom stereocenters. The van der Waals surface area contributed by atoms with E-state index in [1.54, 1.807) is 17.2 Å². The van der Waals surface area contributed by atoms with E-state index in [1.807, 2.05) is 6.07 Å². The van der Waals surface area contributed by atoms with Crippen LogP contribution in [0.25, 0.3) is 0 Å². The second-order valence-electron chi connectivity index (χ2n) is 5.97. The van der Waals surface area contributed by atoms with Crippen LogP contribution in [-0.4, -0.2) is 61.1 Å². The van der Waals surface area contributed by atoms with Crippen molar-refractivity contribution in [2.45, 2.75) is 12.8 Å². The molecule has 0 aliphatic carbocycles. The fraction of sp³-hybridized carbons (Fsp3) is 0.562. The SMILES string of the molecule is NC(=O)C1CCN(C(=O)c2ccnc(N3CCOCC3)c2)CC1. The maximum absolute atomic E-state index is 12.7. The van der Waals surface area contributed by atoms with Gasteiger partial charge in [-0.15, -0.1) is 0 Å². The number of carbonyl (C=O) groups excluding carboxylic acids is 2. The molecule has 2 aliphatic rings. The van der Waals surface area contributed by atoms with Crippen LogP contribution in [0.5, 0.6) is 0 Å². The Morgan fingerprint density at radius 2 is 1.87 bits per heavy atom. The number of ether oxygens (including phenoxy) is 1. The number of carbonyl (C=O) groups is 2. The molecule has 2 N–H and O–H groups in total. The Kier molecular flexibility index (Phi) is 4.76. The van der Waals surface area contributed by atoms with Gasteiger partial charge in [0.25, 0.3) is 5.91 Å². The number of aromatic nitrogens is 1. The van der Waals surface area contributed by atoms with Crippen LogP contribution in [0.15, 0.2) is 18.3 Å². The third kappa shape index (κ3) is 3.61. The highest BCUT2D eigenvalue weighted by molar-refractivity contribution is 5.95. The first-order chi connectivity index (χ1) is 11.1. The second-order valence-corrected chi connectivity index (χ2v) is 5.97. The highest BCUT2D eigenvalue weighted by Crippen LogP contribution is 2.20. The van der Waals surface area contributed by atoms with E-state index >= 15 is 0 Å². The summed E-state index contributed by atoms with van der Waals surface area (Å²) in [6, 6.07) is 3.58. The molecular weight excluding hydrogens is 296 g/mol. The van der Waals surface area contributed by atoms with E-state index in [4.69, 9.17) is 10.5 Å². The van der Waals surface area contributed by atoms with Gasteiger partial charge in [-0.3, -0.25) is 9.59 Å². The number of anilines is 1. The molecule has 0 spiro atoms. The van der Waals surface area contributed by atoms with E-state index in [9.17, 15) is 9.59 Å². The number of primary amides is 1. The highest BCUT2D eigenvalue weighted by Gasteiger charge is 2.26. The average molecular weight is 318 g/mol. The van der Waals surface area contributed by atoms with E-state index in [2.05, 4.69) is 9.88 Å². The summed E-state index contributed by atoms with van der Waals surface area (Å²) in [7, 11) is 0. The maximum atomic E-state index is 12.7. The molecule has 3 rings (SSSR count). The van der Waals surface area contributed by atoms with Gasteiger partial charge in [0.05, 0.1) is 13.2 Å². The van der Waals surface area contributed by atoms with Gasteiger partial charge in [0.2, 0.25) is 5.91 Å². The lowest BCUT2D eigenvalue weighted by atomic mass is 9.96. The molecule has 0 bridgehead atoms. The Morgan fingerprint density at radius 3 is 2.52 bits per heavy atom. The predicted octanol–water partition coefficient (Wildman–Crippen LogP) is 0.256. The summed E-state index contributed by atoms with van der Waals surface area (Å²) in [6.07, 6.45) is 2.96. The quantitative estimate of drug-likeness (QED) is 0.863. The van der Waals surface area contributed by atoms with Crippen molar-refractivity contribution in [1.29, 1.82) is 0 Å². The van der Waals surface area contributed by atoms with E-state index in [1.165, 1.54) is 0 Å². The molecular formula is C16H22N4O3. The third-order valence-electron chi connectivity index (χ3n) is 4.51. The topological polar surface area (TPSA) is 88.8 Å². The summed E-state index contributed by atoms with van der Waals surface area (Å²) in [5.74, 6) is 0.423. The van der Waals surface area contributed by atoms with Crippen molar-refractivity contribution >= 4 is 17.6 Å². The number of morpholine rings is 1. The number of rotatable bonds is 3. The van der Waals surface area contributed by atoms with Crippen molar-refractivity contribution in [2.75, 3.05) is 44.3 Å². The molecule has 0 saturated carbocycles. The number of nitrogens with zero attached hydrogens (tertiary/aromatic N) is 3. The van der Waals surface area contributed by atoms with Crippen LogP contribution in [0.2, 0.25) is 0 Å². The van der Waals surface area contributed by atoms with E-state index in [0.29, 0.717) is 44.7 Å². The monoisotopic (exact) mass is 318 g/mol. The van der Waals surface area contributed by atoms with Crippen LogP contribution in [0.3, 0.4) is 0 Å². The number of hydrogen-bond donors (Lipinski definition) is 1. The van der Waals surface area contributed by atoms with Crippen molar-refractivity contribution < 1.29 is 14.3 Å². The Balaban J connectivity index is 1.67. The van der Waals surface area contributed by atoms with Crippen LogP contribution < -0.4 is 10.6 Å². The number of nitrogens with two attached hydrogens (primary N) is 1. The lowest BCUT2D eigenvalue weighted by molar-refractivity contribution is -0.123. The molecule has 2 saturated heterocycles. The lowest BCUT2D eigenvalue weighted by Gasteiger charge is -2.31. The molecule has 1 aromatic rings. The molecule has 0 radical (unpaired) electrons. The van der Waals surface area contributed by atoms with Crippen molar-refractivity contribution in [2.24, 2.45) is 11.7 Å². The summed E-state index contributed by atoms with van der Waals surface area (Å²) in [6.45, 7) is 4.08. The lowest BCUT2D eigenvalue weighted by Crippen LogP contribution is -2.42. The summed E-state index contributed by atoms with van der Waals surface area (Å²) < 4.78 is 5.34. The number of pyridine rings is 1. The van der Waals surface area contributed by atoms with Crippen molar-refractivity contribution in [3.63, 3.8) is 0 Å². The first kappa shape index (κ1) is 15.7. The summed E-state index contributed by atoms with van der Waals surface area (Å²) in [5.41, 5.74) is 5.97. The molecule has 124 valence electrons. The second kappa shape index (κ2) is 6.95. The van der Waals surface area contributed by atoms with Gasteiger partial charge < -0.3 is 20.3 Å². The molecule has 7 nitrogen and oxygen atoms in total. The standard InChI is InChI=1S/C16H22N4O3/c17-15(21)12-2-5-20(6-3-12)16(22)13-1-4-18-14(11-13)19-7-9-23-10-8-19/h1,4,11-12H,2-3,5-10H2,(H2,17,21). The molecule has 2 amide bonds. The highest BCUT2D eigenvalue weighted by atomic mass is 16.5. The largest absolute Gasteiger partial charge is 0.378 e. The third-order valence-corrected chi connectivity index (χ3v) is 4.51. The Hall–Kier alpha value is -2.15. The number of amides is 2. The van der Waals surface area contributed by atoms with Crippen LogP contribution in [0.4, 0.5) is 5.82 Å². The number of piperidine rings is 1.